The SMILES string of the molecule is CCNC(=O)[C@@H](C)OC(=O)c1cccc(S(=O)(=O)N2C[C@@H](C)O[C@H](C)C2)c1. The summed E-state index contributed by atoms with van der Waals surface area (Å²) in [5.41, 5.74) is 0.0709. The molecule has 8 nitrogen and oxygen atoms in total. The summed E-state index contributed by atoms with van der Waals surface area (Å²) in [4.78, 5) is 24.0. The van der Waals surface area contributed by atoms with E-state index in [9.17, 15) is 18.0 Å². The standard InChI is InChI=1S/C18H26N2O6S/c1-5-19-17(21)14(4)26-18(22)15-7-6-8-16(9-15)27(23,24)20-10-12(2)25-13(3)11-20/h6-9,12-14H,5,10-11H2,1-4H3,(H,19,21)/t12-,13-,14-/m1/s1. The van der Waals surface area contributed by atoms with E-state index in [-0.39, 0.29) is 35.8 Å². The number of hydrogen-bond donors (Lipinski definition) is 1. The minimum Gasteiger partial charge on any atom is -0.449 e. The molecule has 3 atom stereocenters. The third-order valence-electron chi connectivity index (χ3n) is 4.10. The zero-order valence-electron chi connectivity index (χ0n) is 16.0. The Labute approximate surface area is 159 Å². The molecule has 1 aromatic carbocycles. The Morgan fingerprint density at radius 2 is 1.93 bits per heavy atom. The predicted molar refractivity (Wildman–Crippen MR) is 98.8 cm³/mol. The van der Waals surface area contributed by atoms with Crippen LogP contribution in [0.5, 0.6) is 0 Å². The quantitative estimate of drug-likeness (QED) is 0.722. The fourth-order valence-corrected chi connectivity index (χ4v) is 4.50. The fraction of sp³-hybridized carbons (Fsp3) is 0.556. The molecule has 0 saturated carbocycles. The van der Waals surface area contributed by atoms with Gasteiger partial charge in [0.15, 0.2) is 6.10 Å². The van der Waals surface area contributed by atoms with Gasteiger partial charge in [-0.3, -0.25) is 4.79 Å². The highest BCUT2D eigenvalue weighted by molar-refractivity contribution is 7.89. The van der Waals surface area contributed by atoms with Crippen molar-refractivity contribution < 1.29 is 27.5 Å². The number of likely N-dealkylation sites (N-methyl/N-ethyl adjacent to an activating group) is 1. The van der Waals surface area contributed by atoms with E-state index in [1.165, 1.54) is 35.5 Å². The van der Waals surface area contributed by atoms with Crippen LogP contribution >= 0.6 is 0 Å². The lowest BCUT2D eigenvalue weighted by Gasteiger charge is -2.34. The van der Waals surface area contributed by atoms with Gasteiger partial charge in [-0.25, -0.2) is 13.2 Å². The first kappa shape index (κ1) is 21.3. The van der Waals surface area contributed by atoms with Crippen LogP contribution in [-0.4, -0.2) is 62.5 Å². The van der Waals surface area contributed by atoms with Crippen LogP contribution < -0.4 is 5.32 Å². The van der Waals surface area contributed by atoms with Crippen LogP contribution in [0.4, 0.5) is 0 Å². The fourth-order valence-electron chi connectivity index (χ4n) is 2.86. The smallest absolute Gasteiger partial charge is 0.338 e. The van der Waals surface area contributed by atoms with Crippen LogP contribution in [0.15, 0.2) is 29.2 Å². The average molecular weight is 398 g/mol. The average Bonchev–Trinajstić information content (AvgIpc) is 2.61. The first-order chi connectivity index (χ1) is 12.6. The number of nitrogens with zero attached hydrogens (tertiary/aromatic N) is 1. The van der Waals surface area contributed by atoms with Crippen molar-refractivity contribution in [3.63, 3.8) is 0 Å². The van der Waals surface area contributed by atoms with Gasteiger partial charge in [-0.05, 0) is 45.9 Å². The van der Waals surface area contributed by atoms with Crippen molar-refractivity contribution in [1.29, 1.82) is 0 Å². The normalized spacial score (nSPS) is 22.1. The van der Waals surface area contributed by atoms with Gasteiger partial charge >= 0.3 is 5.97 Å². The molecule has 1 aliphatic heterocycles. The molecule has 1 aliphatic rings. The maximum atomic E-state index is 12.9. The molecule has 1 fully saturated rings. The van der Waals surface area contributed by atoms with E-state index in [4.69, 9.17) is 9.47 Å². The highest BCUT2D eigenvalue weighted by atomic mass is 32.2. The second-order valence-electron chi connectivity index (χ2n) is 6.55. The number of ether oxygens (including phenoxy) is 2. The lowest BCUT2D eigenvalue weighted by Crippen LogP contribution is -2.48. The molecule has 1 heterocycles. The number of amides is 1. The number of nitrogens with one attached hydrogen (secondary N) is 1. The van der Waals surface area contributed by atoms with Gasteiger partial charge < -0.3 is 14.8 Å². The van der Waals surface area contributed by atoms with Crippen LogP contribution in [0.25, 0.3) is 0 Å². The van der Waals surface area contributed by atoms with Gasteiger partial charge in [-0.2, -0.15) is 4.31 Å². The monoisotopic (exact) mass is 398 g/mol. The zero-order chi connectivity index (χ0) is 20.2. The van der Waals surface area contributed by atoms with Crippen molar-refractivity contribution in [3.8, 4) is 0 Å². The number of carbonyl (C=O) groups excluding carboxylic acids is 2. The molecule has 1 N–H and O–H groups in total. The summed E-state index contributed by atoms with van der Waals surface area (Å²) in [6.07, 6.45) is -1.40. The van der Waals surface area contributed by atoms with E-state index in [0.717, 1.165) is 0 Å². The first-order valence-corrected chi connectivity index (χ1v) is 10.3. The summed E-state index contributed by atoms with van der Waals surface area (Å²) in [6.45, 7) is 7.76. The van der Waals surface area contributed by atoms with Gasteiger partial charge in [0, 0.05) is 19.6 Å². The van der Waals surface area contributed by atoms with E-state index in [2.05, 4.69) is 5.32 Å². The second kappa shape index (κ2) is 8.81. The van der Waals surface area contributed by atoms with Crippen LogP contribution in [0.2, 0.25) is 0 Å². The Balaban J connectivity index is 2.18. The van der Waals surface area contributed by atoms with Gasteiger partial charge in [0.2, 0.25) is 10.0 Å². The molecule has 0 unspecified atom stereocenters. The molecule has 0 radical (unpaired) electrons. The van der Waals surface area contributed by atoms with Gasteiger partial charge in [0.05, 0.1) is 22.7 Å². The first-order valence-electron chi connectivity index (χ1n) is 8.89. The summed E-state index contributed by atoms with van der Waals surface area (Å²) < 4.78 is 37.9. The number of sulfonamides is 1. The lowest BCUT2D eigenvalue weighted by atomic mass is 10.2. The van der Waals surface area contributed by atoms with Crippen molar-refractivity contribution in [2.45, 2.75) is 50.9 Å². The van der Waals surface area contributed by atoms with Crippen molar-refractivity contribution in [3.05, 3.63) is 29.8 Å². The number of esters is 1. The zero-order valence-corrected chi connectivity index (χ0v) is 16.8. The molecule has 150 valence electrons. The minimum absolute atomic E-state index is 0.00362. The molecule has 1 aromatic rings. The topological polar surface area (TPSA) is 102 Å². The molecule has 0 aromatic heterocycles. The summed E-state index contributed by atoms with van der Waals surface area (Å²) in [5.74, 6) is -1.17. The molecule has 0 spiro atoms. The number of benzene rings is 1. The molecule has 1 saturated heterocycles. The molecule has 2 rings (SSSR count). The Morgan fingerprint density at radius 1 is 1.30 bits per heavy atom. The molecule has 27 heavy (non-hydrogen) atoms. The van der Waals surface area contributed by atoms with E-state index < -0.39 is 28.0 Å². The highest BCUT2D eigenvalue weighted by Gasteiger charge is 2.32. The van der Waals surface area contributed by atoms with Gasteiger partial charge in [-0.15, -0.1) is 0 Å². The Kier molecular flexibility index (Phi) is 6.96. The van der Waals surface area contributed by atoms with Crippen LogP contribution in [0.1, 0.15) is 38.1 Å². The Hall–Kier alpha value is -1.97. The van der Waals surface area contributed by atoms with Crippen LogP contribution in [0, 0.1) is 0 Å². The number of rotatable bonds is 6. The van der Waals surface area contributed by atoms with E-state index >= 15 is 0 Å². The summed E-state index contributed by atoms with van der Waals surface area (Å²) in [7, 11) is -3.77. The number of hydrogen-bond acceptors (Lipinski definition) is 6. The van der Waals surface area contributed by atoms with Gasteiger partial charge in [0.25, 0.3) is 5.91 Å². The molecular formula is C18H26N2O6S. The summed E-state index contributed by atoms with van der Waals surface area (Å²) in [6, 6.07) is 5.64. The number of morpholine rings is 1. The molecule has 0 bridgehead atoms. The van der Waals surface area contributed by atoms with Crippen molar-refractivity contribution in [2.24, 2.45) is 0 Å². The van der Waals surface area contributed by atoms with Crippen LogP contribution in [-0.2, 0) is 24.3 Å². The maximum absolute atomic E-state index is 12.9. The molecule has 1 amide bonds. The van der Waals surface area contributed by atoms with E-state index in [1.54, 1.807) is 6.92 Å². The van der Waals surface area contributed by atoms with Crippen LogP contribution in [0.3, 0.4) is 0 Å². The molecular weight excluding hydrogens is 372 g/mol. The van der Waals surface area contributed by atoms with Crippen molar-refractivity contribution >= 4 is 21.9 Å². The lowest BCUT2D eigenvalue weighted by molar-refractivity contribution is -0.128. The van der Waals surface area contributed by atoms with Crippen molar-refractivity contribution in [2.75, 3.05) is 19.6 Å². The van der Waals surface area contributed by atoms with E-state index in [1.807, 2.05) is 13.8 Å². The predicted octanol–water partition coefficient (Wildman–Crippen LogP) is 1.17. The number of carbonyl (C=O) groups is 2. The van der Waals surface area contributed by atoms with E-state index in [0.29, 0.717) is 6.54 Å². The highest BCUT2D eigenvalue weighted by Crippen LogP contribution is 2.22. The Bertz CT molecular complexity index is 785. The summed E-state index contributed by atoms with van der Waals surface area (Å²) in [5, 5.41) is 2.56. The second-order valence-corrected chi connectivity index (χ2v) is 8.49. The minimum atomic E-state index is -3.77. The molecule has 0 aliphatic carbocycles. The third-order valence-corrected chi connectivity index (χ3v) is 5.93. The maximum Gasteiger partial charge on any atom is 0.338 e. The van der Waals surface area contributed by atoms with Crippen molar-refractivity contribution in [1.82, 2.24) is 9.62 Å². The summed E-state index contributed by atoms with van der Waals surface area (Å²) >= 11 is 0. The van der Waals surface area contributed by atoms with Gasteiger partial charge in [0.1, 0.15) is 0 Å². The Morgan fingerprint density at radius 3 is 2.52 bits per heavy atom. The third kappa shape index (κ3) is 5.27. The van der Waals surface area contributed by atoms with Gasteiger partial charge in [-0.1, -0.05) is 6.07 Å². The molecule has 9 heteroatoms. The largest absolute Gasteiger partial charge is 0.449 e.